The number of hydrogen-bond donors (Lipinski definition) is 1. The number of Topliss-reactive ketones (excluding diaryl/α,β-unsaturated/α-hetero) is 1. The van der Waals surface area contributed by atoms with E-state index in [2.05, 4.69) is 0 Å². The van der Waals surface area contributed by atoms with Crippen LogP contribution in [0.5, 0.6) is 0 Å². The normalized spacial score (nSPS) is 41.9. The number of alkyl halides is 1. The molecule has 10 heavy (non-hydrogen) atoms. The molecule has 0 spiro atoms. The molecule has 0 saturated heterocycles. The summed E-state index contributed by atoms with van der Waals surface area (Å²) in [4.78, 5) is 10.0. The van der Waals surface area contributed by atoms with E-state index in [0.717, 1.165) is 6.42 Å². The summed E-state index contributed by atoms with van der Waals surface area (Å²) in [7, 11) is 0. The lowest BCUT2D eigenvalue weighted by Gasteiger charge is -2.30. The molecular formula is C7H11ClO2. The fraction of sp³-hybridized carbons (Fsp3) is 0.857. The molecule has 0 bridgehead atoms. The predicted molar refractivity (Wildman–Crippen MR) is 39.1 cm³/mol. The van der Waals surface area contributed by atoms with Crippen molar-refractivity contribution in [2.75, 3.05) is 0 Å². The molecule has 1 rings (SSSR count). The Balaban J connectivity index is 2.73. The summed E-state index contributed by atoms with van der Waals surface area (Å²) in [5, 5.41) is 9.25. The third kappa shape index (κ3) is 1.18. The van der Waals surface area contributed by atoms with Crippen LogP contribution in [-0.2, 0) is 4.79 Å². The minimum Gasteiger partial charge on any atom is -0.391 e. The highest BCUT2D eigenvalue weighted by Gasteiger charge is 2.40. The Morgan fingerprint density at radius 3 is 2.80 bits per heavy atom. The number of rotatable bonds is 0. The third-order valence-corrected chi connectivity index (χ3v) is 2.52. The van der Waals surface area contributed by atoms with E-state index < -0.39 is 11.0 Å². The third-order valence-electron chi connectivity index (χ3n) is 2.05. The number of aliphatic hydroxyl groups excluding tert-OH is 1. The van der Waals surface area contributed by atoms with E-state index in [-0.39, 0.29) is 5.78 Å². The number of hydrogen-bond acceptors (Lipinski definition) is 2. The van der Waals surface area contributed by atoms with Crippen LogP contribution in [0.15, 0.2) is 0 Å². The maximum atomic E-state index is 11.0. The topological polar surface area (TPSA) is 37.3 Å². The first-order valence-corrected chi connectivity index (χ1v) is 3.83. The van der Waals surface area contributed by atoms with Crippen molar-refractivity contribution in [3.05, 3.63) is 0 Å². The van der Waals surface area contributed by atoms with Crippen molar-refractivity contribution in [1.29, 1.82) is 0 Å². The SMILES string of the molecule is CC1(Cl)C(=O)CCC[C@H]1O. The fourth-order valence-corrected chi connectivity index (χ4v) is 1.36. The van der Waals surface area contributed by atoms with Crippen molar-refractivity contribution in [1.82, 2.24) is 0 Å². The highest BCUT2D eigenvalue weighted by atomic mass is 35.5. The highest BCUT2D eigenvalue weighted by molar-refractivity contribution is 6.35. The summed E-state index contributed by atoms with van der Waals surface area (Å²) in [6.07, 6.45) is 1.26. The van der Waals surface area contributed by atoms with E-state index in [1.54, 1.807) is 6.92 Å². The number of carbonyl (C=O) groups is 1. The number of carbonyl (C=O) groups excluding carboxylic acids is 1. The first-order chi connectivity index (χ1) is 4.55. The zero-order valence-corrected chi connectivity index (χ0v) is 6.69. The van der Waals surface area contributed by atoms with Crippen LogP contribution >= 0.6 is 11.6 Å². The van der Waals surface area contributed by atoms with Gasteiger partial charge in [0, 0.05) is 6.42 Å². The lowest BCUT2D eigenvalue weighted by atomic mass is 9.86. The predicted octanol–water partition coefficient (Wildman–Crippen LogP) is 1.10. The molecule has 2 nitrogen and oxygen atoms in total. The van der Waals surface area contributed by atoms with E-state index >= 15 is 0 Å². The summed E-state index contributed by atoms with van der Waals surface area (Å²) in [6.45, 7) is 1.58. The van der Waals surface area contributed by atoms with Crippen molar-refractivity contribution in [3.63, 3.8) is 0 Å². The average molecular weight is 163 g/mol. The molecule has 0 aromatic carbocycles. The van der Waals surface area contributed by atoms with Gasteiger partial charge in [0.05, 0.1) is 6.10 Å². The summed E-state index contributed by atoms with van der Waals surface area (Å²) in [6, 6.07) is 0. The molecule has 0 radical (unpaired) electrons. The lowest BCUT2D eigenvalue weighted by Crippen LogP contribution is -2.44. The van der Waals surface area contributed by atoms with Crippen LogP contribution in [0.3, 0.4) is 0 Å². The quantitative estimate of drug-likeness (QED) is 0.542. The fourth-order valence-electron chi connectivity index (χ4n) is 1.16. The molecule has 0 aromatic heterocycles. The second-order valence-electron chi connectivity index (χ2n) is 2.91. The molecule has 1 unspecified atom stereocenters. The molecule has 1 N–H and O–H groups in total. The van der Waals surface area contributed by atoms with Crippen LogP contribution in [0.2, 0.25) is 0 Å². The smallest absolute Gasteiger partial charge is 0.156 e. The van der Waals surface area contributed by atoms with Crippen molar-refractivity contribution < 1.29 is 9.90 Å². The first kappa shape index (κ1) is 8.02. The van der Waals surface area contributed by atoms with E-state index in [1.807, 2.05) is 0 Å². The molecule has 0 heterocycles. The van der Waals surface area contributed by atoms with Gasteiger partial charge >= 0.3 is 0 Å². The molecule has 1 saturated carbocycles. The Labute approximate surface area is 65.2 Å². The van der Waals surface area contributed by atoms with Crippen LogP contribution in [0.25, 0.3) is 0 Å². The van der Waals surface area contributed by atoms with Gasteiger partial charge < -0.3 is 5.11 Å². The number of aliphatic hydroxyl groups is 1. The first-order valence-electron chi connectivity index (χ1n) is 3.45. The molecule has 2 atom stereocenters. The summed E-state index contributed by atoms with van der Waals surface area (Å²) < 4.78 is 0. The standard InChI is InChI=1S/C7H11ClO2/c1-7(8)5(9)3-2-4-6(7)10/h5,9H,2-4H2,1H3/t5-,7?/m1/s1. The Kier molecular flexibility index (Phi) is 2.02. The van der Waals surface area contributed by atoms with Gasteiger partial charge in [-0.1, -0.05) is 0 Å². The van der Waals surface area contributed by atoms with Crippen LogP contribution < -0.4 is 0 Å². The Hall–Kier alpha value is -0.0800. The van der Waals surface area contributed by atoms with Crippen molar-refractivity contribution in [2.24, 2.45) is 0 Å². The second-order valence-corrected chi connectivity index (χ2v) is 3.69. The molecule has 3 heteroatoms. The van der Waals surface area contributed by atoms with Gasteiger partial charge in [-0.2, -0.15) is 0 Å². The Morgan fingerprint density at radius 2 is 2.40 bits per heavy atom. The van der Waals surface area contributed by atoms with Gasteiger partial charge in [0.1, 0.15) is 4.87 Å². The second kappa shape index (κ2) is 2.51. The molecule has 0 aromatic rings. The molecule has 0 amide bonds. The van der Waals surface area contributed by atoms with Gasteiger partial charge in [0.25, 0.3) is 0 Å². The average Bonchev–Trinajstić information content (AvgIpc) is 1.84. The molecule has 0 aliphatic heterocycles. The van der Waals surface area contributed by atoms with Crippen molar-refractivity contribution >= 4 is 17.4 Å². The van der Waals surface area contributed by atoms with Crippen molar-refractivity contribution in [3.8, 4) is 0 Å². The van der Waals surface area contributed by atoms with Gasteiger partial charge in [-0.05, 0) is 19.8 Å². The maximum absolute atomic E-state index is 11.0. The maximum Gasteiger partial charge on any atom is 0.156 e. The lowest BCUT2D eigenvalue weighted by molar-refractivity contribution is -0.126. The monoisotopic (exact) mass is 162 g/mol. The minimum atomic E-state index is -1.02. The Bertz CT molecular complexity index is 154. The van der Waals surface area contributed by atoms with E-state index in [4.69, 9.17) is 11.6 Å². The van der Waals surface area contributed by atoms with Crippen molar-refractivity contribution in [2.45, 2.75) is 37.2 Å². The molecule has 1 aliphatic rings. The zero-order chi connectivity index (χ0) is 7.78. The zero-order valence-electron chi connectivity index (χ0n) is 5.93. The van der Waals surface area contributed by atoms with E-state index in [0.29, 0.717) is 12.8 Å². The van der Waals surface area contributed by atoms with Gasteiger partial charge in [-0.15, -0.1) is 11.6 Å². The molecular weight excluding hydrogens is 152 g/mol. The van der Waals surface area contributed by atoms with Crippen LogP contribution in [-0.4, -0.2) is 21.9 Å². The molecule has 1 fully saturated rings. The number of ketones is 1. The summed E-state index contributed by atoms with van der Waals surface area (Å²) >= 11 is 5.77. The van der Waals surface area contributed by atoms with E-state index in [9.17, 15) is 9.90 Å². The van der Waals surface area contributed by atoms with E-state index in [1.165, 1.54) is 0 Å². The van der Waals surface area contributed by atoms with Gasteiger partial charge in [0.2, 0.25) is 0 Å². The summed E-state index contributed by atoms with van der Waals surface area (Å²) in [5.74, 6) is -0.0343. The van der Waals surface area contributed by atoms with Crippen LogP contribution in [0.4, 0.5) is 0 Å². The largest absolute Gasteiger partial charge is 0.391 e. The Morgan fingerprint density at radius 1 is 1.80 bits per heavy atom. The molecule has 1 aliphatic carbocycles. The van der Waals surface area contributed by atoms with Gasteiger partial charge in [0.15, 0.2) is 5.78 Å². The van der Waals surface area contributed by atoms with Gasteiger partial charge in [-0.3, -0.25) is 4.79 Å². The summed E-state index contributed by atoms with van der Waals surface area (Å²) in [5.41, 5.74) is 0. The van der Waals surface area contributed by atoms with Crippen LogP contribution in [0, 0.1) is 0 Å². The van der Waals surface area contributed by atoms with Gasteiger partial charge in [-0.25, -0.2) is 0 Å². The highest BCUT2D eigenvalue weighted by Crippen LogP contribution is 2.30. The number of halogens is 1. The minimum absolute atomic E-state index is 0.0343. The molecule has 58 valence electrons. The van der Waals surface area contributed by atoms with Crippen LogP contribution in [0.1, 0.15) is 26.2 Å².